The van der Waals surface area contributed by atoms with E-state index < -0.39 is 0 Å². The Morgan fingerprint density at radius 2 is 2.31 bits per heavy atom. The van der Waals surface area contributed by atoms with Crippen LogP contribution in [0.2, 0.25) is 0 Å². The highest BCUT2D eigenvalue weighted by Crippen LogP contribution is 2.19. The summed E-state index contributed by atoms with van der Waals surface area (Å²) in [5.41, 5.74) is 4.70. The number of hydrogen-bond acceptors (Lipinski definition) is 1. The van der Waals surface area contributed by atoms with Crippen LogP contribution in [0, 0.1) is 0 Å². The molecule has 13 heavy (non-hydrogen) atoms. The summed E-state index contributed by atoms with van der Waals surface area (Å²) in [4.78, 5) is 0. The van der Waals surface area contributed by atoms with Gasteiger partial charge in [-0.25, -0.2) is 0 Å². The summed E-state index contributed by atoms with van der Waals surface area (Å²) in [6, 6.07) is 6.73. The van der Waals surface area contributed by atoms with E-state index in [0.29, 0.717) is 0 Å². The summed E-state index contributed by atoms with van der Waals surface area (Å²) in [5, 5.41) is 3.41. The van der Waals surface area contributed by atoms with Gasteiger partial charge in [-0.1, -0.05) is 31.5 Å². The van der Waals surface area contributed by atoms with E-state index in [0.717, 1.165) is 13.1 Å². The molecule has 1 aliphatic rings. The van der Waals surface area contributed by atoms with Gasteiger partial charge in [-0.2, -0.15) is 0 Å². The standard InChI is InChI=1S/C12H17N/c1-2-4-10-5-3-6-11-9-13-8-7-12(10)11/h3,5-6,13H,2,4,7-9H2,1H3. The molecule has 0 saturated heterocycles. The minimum atomic E-state index is 1.06. The molecule has 0 bridgehead atoms. The van der Waals surface area contributed by atoms with Crippen LogP contribution < -0.4 is 5.32 Å². The third-order valence-electron chi connectivity index (χ3n) is 2.76. The zero-order chi connectivity index (χ0) is 9.10. The van der Waals surface area contributed by atoms with Crippen molar-refractivity contribution in [3.05, 3.63) is 34.9 Å². The van der Waals surface area contributed by atoms with Gasteiger partial charge in [-0.3, -0.25) is 0 Å². The number of hydrogen-bond donors (Lipinski definition) is 1. The zero-order valence-electron chi connectivity index (χ0n) is 8.27. The predicted molar refractivity (Wildman–Crippen MR) is 55.8 cm³/mol. The lowest BCUT2D eigenvalue weighted by Gasteiger charge is -2.20. The van der Waals surface area contributed by atoms with E-state index in [9.17, 15) is 0 Å². The molecular formula is C12H17N. The van der Waals surface area contributed by atoms with Crippen molar-refractivity contribution in [3.8, 4) is 0 Å². The van der Waals surface area contributed by atoms with Gasteiger partial charge < -0.3 is 5.32 Å². The largest absolute Gasteiger partial charge is 0.312 e. The van der Waals surface area contributed by atoms with E-state index in [1.807, 2.05) is 0 Å². The Morgan fingerprint density at radius 3 is 3.15 bits per heavy atom. The molecule has 1 N–H and O–H groups in total. The van der Waals surface area contributed by atoms with Crippen molar-refractivity contribution in [3.63, 3.8) is 0 Å². The molecule has 70 valence electrons. The second-order valence-corrected chi connectivity index (χ2v) is 3.73. The van der Waals surface area contributed by atoms with Gasteiger partial charge in [0.15, 0.2) is 0 Å². The van der Waals surface area contributed by atoms with Gasteiger partial charge in [0.1, 0.15) is 0 Å². The maximum absolute atomic E-state index is 3.41. The van der Waals surface area contributed by atoms with Crippen molar-refractivity contribution >= 4 is 0 Å². The predicted octanol–water partition coefficient (Wildman–Crippen LogP) is 2.28. The molecule has 0 radical (unpaired) electrons. The van der Waals surface area contributed by atoms with Crippen LogP contribution in [0.4, 0.5) is 0 Å². The molecule has 0 atom stereocenters. The van der Waals surface area contributed by atoms with Crippen LogP contribution in [0.1, 0.15) is 30.0 Å². The molecule has 1 nitrogen and oxygen atoms in total. The van der Waals surface area contributed by atoms with Gasteiger partial charge in [-0.15, -0.1) is 0 Å². The van der Waals surface area contributed by atoms with Gasteiger partial charge in [0.05, 0.1) is 0 Å². The van der Waals surface area contributed by atoms with Crippen molar-refractivity contribution < 1.29 is 0 Å². The highest BCUT2D eigenvalue weighted by atomic mass is 14.9. The monoisotopic (exact) mass is 175 g/mol. The fourth-order valence-corrected chi connectivity index (χ4v) is 2.11. The number of benzene rings is 1. The summed E-state index contributed by atoms with van der Waals surface area (Å²) in [5.74, 6) is 0. The number of rotatable bonds is 2. The van der Waals surface area contributed by atoms with Gasteiger partial charge in [0, 0.05) is 6.54 Å². The Balaban J connectivity index is 2.34. The van der Waals surface area contributed by atoms with Crippen LogP contribution in [0.3, 0.4) is 0 Å². The van der Waals surface area contributed by atoms with Crippen LogP contribution >= 0.6 is 0 Å². The first kappa shape index (κ1) is 8.76. The average molecular weight is 175 g/mol. The number of nitrogens with one attached hydrogen (secondary N) is 1. The van der Waals surface area contributed by atoms with Crippen LogP contribution in [0.5, 0.6) is 0 Å². The van der Waals surface area contributed by atoms with E-state index in [-0.39, 0.29) is 0 Å². The Bertz CT molecular complexity index is 291. The summed E-state index contributed by atoms with van der Waals surface area (Å²) < 4.78 is 0. The van der Waals surface area contributed by atoms with E-state index in [1.165, 1.54) is 24.8 Å². The third-order valence-corrected chi connectivity index (χ3v) is 2.76. The summed E-state index contributed by atoms with van der Waals surface area (Å²) in [7, 11) is 0. The van der Waals surface area contributed by atoms with Crippen molar-refractivity contribution in [2.45, 2.75) is 32.7 Å². The third kappa shape index (κ3) is 1.75. The maximum Gasteiger partial charge on any atom is 0.0208 e. The minimum Gasteiger partial charge on any atom is -0.312 e. The first-order valence-electron chi connectivity index (χ1n) is 5.22. The average Bonchev–Trinajstić information content (AvgIpc) is 2.19. The number of fused-ring (bicyclic) bond motifs is 1. The molecule has 1 aliphatic heterocycles. The van der Waals surface area contributed by atoms with Crippen LogP contribution in [-0.2, 0) is 19.4 Å². The highest BCUT2D eigenvalue weighted by molar-refractivity contribution is 5.37. The molecule has 1 aromatic rings. The van der Waals surface area contributed by atoms with Gasteiger partial charge in [0.25, 0.3) is 0 Å². The molecule has 0 aliphatic carbocycles. The molecule has 0 spiro atoms. The molecule has 0 saturated carbocycles. The lowest BCUT2D eigenvalue weighted by atomic mass is 9.93. The fourth-order valence-electron chi connectivity index (χ4n) is 2.11. The van der Waals surface area contributed by atoms with Crippen molar-refractivity contribution in [1.82, 2.24) is 5.32 Å². The molecular weight excluding hydrogens is 158 g/mol. The fraction of sp³-hybridized carbons (Fsp3) is 0.500. The molecule has 0 unspecified atom stereocenters. The van der Waals surface area contributed by atoms with Gasteiger partial charge in [-0.05, 0) is 36.1 Å². The first-order valence-corrected chi connectivity index (χ1v) is 5.22. The normalized spacial score (nSPS) is 15.5. The van der Waals surface area contributed by atoms with Crippen LogP contribution in [-0.4, -0.2) is 6.54 Å². The second kappa shape index (κ2) is 3.93. The number of aryl methyl sites for hydroxylation is 1. The molecule has 2 rings (SSSR count). The summed E-state index contributed by atoms with van der Waals surface area (Å²) >= 11 is 0. The lowest BCUT2D eigenvalue weighted by molar-refractivity contribution is 0.637. The van der Waals surface area contributed by atoms with Crippen LogP contribution in [0.15, 0.2) is 18.2 Å². The Morgan fingerprint density at radius 1 is 1.38 bits per heavy atom. The topological polar surface area (TPSA) is 12.0 Å². The SMILES string of the molecule is CCCc1cccc2c1CCNC2. The first-order chi connectivity index (χ1) is 6.42. The highest BCUT2D eigenvalue weighted by Gasteiger charge is 2.10. The Labute approximate surface area is 80.2 Å². The van der Waals surface area contributed by atoms with Gasteiger partial charge >= 0.3 is 0 Å². The Hall–Kier alpha value is -0.820. The molecule has 0 amide bonds. The second-order valence-electron chi connectivity index (χ2n) is 3.73. The smallest absolute Gasteiger partial charge is 0.0208 e. The summed E-state index contributed by atoms with van der Waals surface area (Å²) in [6.07, 6.45) is 3.71. The minimum absolute atomic E-state index is 1.06. The molecule has 1 heteroatoms. The van der Waals surface area contributed by atoms with Crippen molar-refractivity contribution in [2.75, 3.05) is 6.54 Å². The van der Waals surface area contributed by atoms with Gasteiger partial charge in [0.2, 0.25) is 0 Å². The van der Waals surface area contributed by atoms with Crippen LogP contribution in [0.25, 0.3) is 0 Å². The van der Waals surface area contributed by atoms with Crippen molar-refractivity contribution in [2.24, 2.45) is 0 Å². The van der Waals surface area contributed by atoms with E-state index in [1.54, 1.807) is 11.1 Å². The molecule has 0 fully saturated rings. The van der Waals surface area contributed by atoms with Crippen molar-refractivity contribution in [1.29, 1.82) is 0 Å². The molecule has 0 aromatic heterocycles. The molecule has 1 heterocycles. The quantitative estimate of drug-likeness (QED) is 0.727. The zero-order valence-corrected chi connectivity index (χ0v) is 8.27. The molecule has 1 aromatic carbocycles. The summed E-state index contributed by atoms with van der Waals surface area (Å²) in [6.45, 7) is 4.46. The van der Waals surface area contributed by atoms with E-state index in [4.69, 9.17) is 0 Å². The Kier molecular flexibility index (Phi) is 2.65. The lowest BCUT2D eigenvalue weighted by Crippen LogP contribution is -2.24. The maximum atomic E-state index is 3.41. The van der Waals surface area contributed by atoms with E-state index in [2.05, 4.69) is 30.4 Å². The van der Waals surface area contributed by atoms with E-state index >= 15 is 0 Å².